The summed E-state index contributed by atoms with van der Waals surface area (Å²) in [7, 11) is 0. The number of halogens is 1. The Labute approximate surface area is 170 Å². The summed E-state index contributed by atoms with van der Waals surface area (Å²) in [5, 5.41) is 11.4. The van der Waals surface area contributed by atoms with Gasteiger partial charge in [-0.15, -0.1) is 0 Å². The predicted octanol–water partition coefficient (Wildman–Crippen LogP) is 3.81. The summed E-state index contributed by atoms with van der Waals surface area (Å²) in [6.45, 7) is 1.22. The first-order valence-electron chi connectivity index (χ1n) is 8.81. The van der Waals surface area contributed by atoms with E-state index in [9.17, 15) is 4.79 Å². The van der Waals surface area contributed by atoms with Gasteiger partial charge in [0.15, 0.2) is 0 Å². The summed E-state index contributed by atoms with van der Waals surface area (Å²) in [4.78, 5) is 12.4. The molecule has 0 bridgehead atoms. The molecule has 0 aliphatic rings. The molecule has 1 amide bonds. The predicted molar refractivity (Wildman–Crippen MR) is 110 cm³/mol. The van der Waals surface area contributed by atoms with Crippen LogP contribution in [-0.4, -0.2) is 25.5 Å². The molecule has 0 spiro atoms. The quantitative estimate of drug-likeness (QED) is 0.500. The fraction of sp³-hybridized carbons (Fsp3) is 0.0952. The minimum atomic E-state index is -0.103. The Kier molecular flexibility index (Phi) is 5.34. The van der Waals surface area contributed by atoms with E-state index >= 15 is 0 Å². The van der Waals surface area contributed by atoms with Crippen molar-refractivity contribution in [1.29, 1.82) is 0 Å². The molecule has 2 aromatic carbocycles. The van der Waals surface area contributed by atoms with Gasteiger partial charge >= 0.3 is 0 Å². The van der Waals surface area contributed by atoms with Crippen molar-refractivity contribution in [3.8, 4) is 5.69 Å². The second-order valence-electron chi connectivity index (χ2n) is 6.35. The van der Waals surface area contributed by atoms with Gasteiger partial charge in [0, 0.05) is 30.7 Å². The molecule has 2 heterocycles. The first kappa shape index (κ1) is 18.2. The number of hydrogen-bond acceptors (Lipinski definition) is 3. The Bertz CT molecular complexity index is 1050. The Morgan fingerprint density at radius 1 is 1.00 bits per heavy atom. The van der Waals surface area contributed by atoms with Gasteiger partial charge < -0.3 is 5.32 Å². The van der Waals surface area contributed by atoms with Crippen molar-refractivity contribution in [3.63, 3.8) is 0 Å². The number of aromatic nitrogens is 4. The van der Waals surface area contributed by atoms with Crippen LogP contribution in [0.15, 0.2) is 83.9 Å². The van der Waals surface area contributed by atoms with Gasteiger partial charge in [-0.05, 0) is 57.4 Å². The van der Waals surface area contributed by atoms with E-state index in [-0.39, 0.29) is 5.91 Å². The van der Waals surface area contributed by atoms with Crippen molar-refractivity contribution in [2.45, 2.75) is 13.1 Å². The SMILES string of the molecule is O=C(NCc1ccc(Cn2cccn2)cc1)c1ccc(-n2cc(Br)cn2)cc1. The van der Waals surface area contributed by atoms with Crippen LogP contribution in [0.3, 0.4) is 0 Å². The zero-order chi connectivity index (χ0) is 19.3. The second-order valence-corrected chi connectivity index (χ2v) is 7.27. The molecular formula is C21H18BrN5O. The maximum absolute atomic E-state index is 12.4. The zero-order valence-corrected chi connectivity index (χ0v) is 16.6. The third kappa shape index (κ3) is 4.37. The summed E-state index contributed by atoms with van der Waals surface area (Å²) >= 11 is 3.38. The standard InChI is InChI=1S/C21H18BrN5O/c22-19-13-25-27(15-19)20-8-6-18(7-9-20)21(28)23-12-16-2-4-17(5-3-16)14-26-11-1-10-24-26/h1-11,13,15H,12,14H2,(H,23,28). The summed E-state index contributed by atoms with van der Waals surface area (Å²) in [6, 6.07) is 17.4. The number of rotatable bonds is 6. The monoisotopic (exact) mass is 435 g/mol. The van der Waals surface area contributed by atoms with Crippen LogP contribution in [0.25, 0.3) is 5.69 Å². The van der Waals surface area contributed by atoms with Crippen LogP contribution >= 0.6 is 15.9 Å². The summed E-state index contributed by atoms with van der Waals surface area (Å²) in [5.74, 6) is -0.103. The largest absolute Gasteiger partial charge is 0.348 e. The molecule has 0 unspecified atom stereocenters. The maximum Gasteiger partial charge on any atom is 0.251 e. The first-order valence-corrected chi connectivity index (χ1v) is 9.61. The molecule has 1 N–H and O–H groups in total. The number of hydrogen-bond donors (Lipinski definition) is 1. The Morgan fingerprint density at radius 2 is 1.75 bits per heavy atom. The van der Waals surface area contributed by atoms with Crippen LogP contribution < -0.4 is 5.32 Å². The molecule has 28 heavy (non-hydrogen) atoms. The molecule has 0 fully saturated rings. The van der Waals surface area contributed by atoms with Crippen molar-refractivity contribution in [2.24, 2.45) is 0 Å². The van der Waals surface area contributed by atoms with Gasteiger partial charge in [0.25, 0.3) is 5.91 Å². The minimum Gasteiger partial charge on any atom is -0.348 e. The fourth-order valence-corrected chi connectivity index (χ4v) is 3.12. The molecule has 6 nitrogen and oxygen atoms in total. The van der Waals surface area contributed by atoms with E-state index in [1.165, 1.54) is 5.56 Å². The molecule has 4 rings (SSSR count). The maximum atomic E-state index is 12.4. The van der Waals surface area contributed by atoms with Crippen LogP contribution in [0.2, 0.25) is 0 Å². The normalized spacial score (nSPS) is 10.8. The number of nitrogens with zero attached hydrogens (tertiary/aromatic N) is 4. The van der Waals surface area contributed by atoms with Gasteiger partial charge in [0.05, 0.1) is 22.9 Å². The number of carbonyl (C=O) groups is 1. The third-order valence-electron chi connectivity index (χ3n) is 4.32. The minimum absolute atomic E-state index is 0.103. The lowest BCUT2D eigenvalue weighted by Gasteiger charge is -2.08. The number of benzene rings is 2. The van der Waals surface area contributed by atoms with Crippen LogP contribution in [0.1, 0.15) is 21.5 Å². The van der Waals surface area contributed by atoms with Gasteiger partial charge in [0.1, 0.15) is 0 Å². The van der Waals surface area contributed by atoms with E-state index in [0.29, 0.717) is 12.1 Å². The first-order chi connectivity index (χ1) is 13.7. The van der Waals surface area contributed by atoms with E-state index in [1.807, 2.05) is 47.4 Å². The van der Waals surface area contributed by atoms with Gasteiger partial charge in [0.2, 0.25) is 0 Å². The van der Waals surface area contributed by atoms with Crippen LogP contribution in [0.4, 0.5) is 0 Å². The molecular weight excluding hydrogens is 418 g/mol. The van der Waals surface area contributed by atoms with Gasteiger partial charge in [-0.1, -0.05) is 24.3 Å². The lowest BCUT2D eigenvalue weighted by atomic mass is 10.1. The molecule has 140 valence electrons. The van der Waals surface area contributed by atoms with Gasteiger partial charge in [-0.25, -0.2) is 4.68 Å². The fourth-order valence-electron chi connectivity index (χ4n) is 2.84. The van der Waals surface area contributed by atoms with Crippen LogP contribution in [0.5, 0.6) is 0 Å². The third-order valence-corrected chi connectivity index (χ3v) is 4.73. The smallest absolute Gasteiger partial charge is 0.251 e. The number of amides is 1. The van der Waals surface area contributed by atoms with E-state index in [1.54, 1.807) is 29.2 Å². The van der Waals surface area contributed by atoms with Crippen LogP contribution in [0, 0.1) is 0 Å². The molecule has 4 aromatic rings. The molecule has 0 aliphatic carbocycles. The Balaban J connectivity index is 1.33. The zero-order valence-electron chi connectivity index (χ0n) is 15.0. The van der Waals surface area contributed by atoms with Gasteiger partial charge in [-0.2, -0.15) is 10.2 Å². The lowest BCUT2D eigenvalue weighted by Crippen LogP contribution is -2.22. The van der Waals surface area contributed by atoms with Crippen molar-refractivity contribution >= 4 is 21.8 Å². The number of nitrogens with one attached hydrogen (secondary N) is 1. The average molecular weight is 436 g/mol. The summed E-state index contributed by atoms with van der Waals surface area (Å²) in [6.07, 6.45) is 7.29. The van der Waals surface area contributed by atoms with Crippen molar-refractivity contribution in [2.75, 3.05) is 0 Å². The molecule has 0 saturated carbocycles. The average Bonchev–Trinajstić information content (AvgIpc) is 3.39. The summed E-state index contributed by atoms with van der Waals surface area (Å²) < 4.78 is 4.53. The van der Waals surface area contributed by atoms with Gasteiger partial charge in [-0.3, -0.25) is 9.48 Å². The van der Waals surface area contributed by atoms with E-state index < -0.39 is 0 Å². The van der Waals surface area contributed by atoms with Crippen molar-refractivity contribution in [1.82, 2.24) is 24.9 Å². The molecule has 0 atom stereocenters. The van der Waals surface area contributed by atoms with Crippen LogP contribution in [-0.2, 0) is 13.1 Å². The molecule has 0 aliphatic heterocycles. The summed E-state index contributed by atoms with van der Waals surface area (Å²) in [5.41, 5.74) is 3.73. The second kappa shape index (κ2) is 8.22. The van der Waals surface area contributed by atoms with E-state index in [4.69, 9.17) is 0 Å². The number of carbonyl (C=O) groups excluding carboxylic acids is 1. The Hall–Kier alpha value is -3.19. The molecule has 0 saturated heterocycles. The lowest BCUT2D eigenvalue weighted by molar-refractivity contribution is 0.0951. The van der Waals surface area contributed by atoms with E-state index in [0.717, 1.165) is 22.3 Å². The van der Waals surface area contributed by atoms with Crippen molar-refractivity contribution in [3.05, 3.63) is 101 Å². The highest BCUT2D eigenvalue weighted by Gasteiger charge is 2.07. The highest BCUT2D eigenvalue weighted by Crippen LogP contribution is 2.13. The van der Waals surface area contributed by atoms with E-state index in [2.05, 4.69) is 43.6 Å². The topological polar surface area (TPSA) is 64.7 Å². The molecule has 0 radical (unpaired) electrons. The molecule has 7 heteroatoms. The highest BCUT2D eigenvalue weighted by atomic mass is 79.9. The highest BCUT2D eigenvalue weighted by molar-refractivity contribution is 9.10. The van der Waals surface area contributed by atoms with Crippen molar-refractivity contribution < 1.29 is 4.79 Å². The Morgan fingerprint density at radius 3 is 2.39 bits per heavy atom. The molecule has 2 aromatic heterocycles.